The number of H-pyrrole nitrogens is 1. The van der Waals surface area contributed by atoms with Crippen molar-refractivity contribution in [3.8, 4) is 22.6 Å². The highest BCUT2D eigenvalue weighted by molar-refractivity contribution is 9.10. The summed E-state index contributed by atoms with van der Waals surface area (Å²) >= 11 is 10.0. The molecule has 0 radical (unpaired) electrons. The average Bonchev–Trinajstić information content (AvgIpc) is 3.33. The molecule has 1 amide bonds. The van der Waals surface area contributed by atoms with Crippen molar-refractivity contribution in [3.05, 3.63) is 117 Å². The number of nitrogens with zero attached hydrogens (tertiary/aromatic N) is 1. The van der Waals surface area contributed by atoms with Crippen molar-refractivity contribution in [2.45, 2.75) is 13.8 Å². The maximum Gasteiger partial charge on any atom is 0.343 e. The van der Waals surface area contributed by atoms with Crippen LogP contribution >= 0.6 is 27.5 Å². The molecule has 0 spiro atoms. The van der Waals surface area contributed by atoms with Gasteiger partial charge in [0.15, 0.2) is 11.5 Å². The van der Waals surface area contributed by atoms with Crippen LogP contribution in [0.5, 0.6) is 11.5 Å². The fourth-order valence-electron chi connectivity index (χ4n) is 4.39. The molecule has 7 nitrogen and oxygen atoms in total. The van der Waals surface area contributed by atoms with Crippen LogP contribution in [0.4, 0.5) is 0 Å². The van der Waals surface area contributed by atoms with Crippen molar-refractivity contribution in [1.29, 1.82) is 0 Å². The van der Waals surface area contributed by atoms with Gasteiger partial charge in [-0.1, -0.05) is 63.4 Å². The zero-order valence-corrected chi connectivity index (χ0v) is 24.5. The summed E-state index contributed by atoms with van der Waals surface area (Å²) in [6, 6.07) is 25.3. The van der Waals surface area contributed by atoms with Crippen molar-refractivity contribution >= 4 is 56.5 Å². The minimum Gasteiger partial charge on any atom is -0.490 e. The van der Waals surface area contributed by atoms with Gasteiger partial charge in [-0.25, -0.2) is 10.2 Å². The molecule has 0 fully saturated rings. The summed E-state index contributed by atoms with van der Waals surface area (Å²) in [6.45, 7) is 4.11. The molecule has 0 unspecified atom stereocenters. The van der Waals surface area contributed by atoms with Gasteiger partial charge in [-0.05, 0) is 74.0 Å². The number of halogens is 2. The monoisotopic (exact) mass is 629 g/mol. The summed E-state index contributed by atoms with van der Waals surface area (Å²) in [6.07, 6.45) is 1.49. The first-order valence-electron chi connectivity index (χ1n) is 12.8. The van der Waals surface area contributed by atoms with Gasteiger partial charge < -0.3 is 14.5 Å². The van der Waals surface area contributed by atoms with E-state index in [1.807, 2.05) is 56.3 Å². The smallest absolute Gasteiger partial charge is 0.343 e. The Kier molecular flexibility index (Phi) is 8.52. The molecule has 2 N–H and O–H groups in total. The summed E-state index contributed by atoms with van der Waals surface area (Å²) in [5.41, 5.74) is 7.15. The number of hydrazone groups is 1. The zero-order chi connectivity index (χ0) is 28.9. The van der Waals surface area contributed by atoms with Gasteiger partial charge in [-0.2, -0.15) is 5.10 Å². The van der Waals surface area contributed by atoms with Crippen LogP contribution in [-0.2, 0) is 0 Å². The molecule has 1 aromatic heterocycles. The Morgan fingerprint density at radius 2 is 1.83 bits per heavy atom. The molecule has 0 saturated carbocycles. The normalized spacial score (nSPS) is 11.1. The molecule has 9 heteroatoms. The molecule has 206 valence electrons. The maximum atomic E-state index is 13.3. The molecular weight excluding hydrogens is 606 g/mol. The number of aromatic amines is 1. The van der Waals surface area contributed by atoms with Crippen LogP contribution in [0.25, 0.3) is 22.0 Å². The third-order valence-electron chi connectivity index (χ3n) is 6.23. The van der Waals surface area contributed by atoms with E-state index in [0.29, 0.717) is 39.8 Å². The second-order valence-corrected chi connectivity index (χ2v) is 10.5. The molecule has 0 aliphatic heterocycles. The SMILES string of the molecule is CCOc1cc(C=NNC(=O)c2[nH]c3ccc(Br)cc3c2-c2ccccc2Cl)ccc1OC(=O)c1cccc(C)c1. The summed E-state index contributed by atoms with van der Waals surface area (Å²) in [4.78, 5) is 29.2. The van der Waals surface area contributed by atoms with Crippen molar-refractivity contribution < 1.29 is 19.1 Å². The number of fused-ring (bicyclic) bond motifs is 1. The Balaban J connectivity index is 1.38. The summed E-state index contributed by atoms with van der Waals surface area (Å²) < 4.78 is 12.2. The number of rotatable bonds is 8. The second kappa shape index (κ2) is 12.4. The number of carbonyl (C=O) groups excluding carboxylic acids is 2. The number of nitrogens with one attached hydrogen (secondary N) is 2. The summed E-state index contributed by atoms with van der Waals surface area (Å²) in [5.74, 6) is -0.251. The Bertz CT molecular complexity index is 1800. The Morgan fingerprint density at radius 1 is 1.00 bits per heavy atom. The second-order valence-electron chi connectivity index (χ2n) is 9.14. The van der Waals surface area contributed by atoms with E-state index in [0.717, 1.165) is 26.5 Å². The first kappa shape index (κ1) is 28.1. The standard InChI is InChI=1S/C32H25BrClN3O4/c1-3-40-28-16-20(11-14-27(28)41-32(39)21-8-6-7-19(2)15-21)18-35-37-31(38)30-29(23-9-4-5-10-25(23)34)24-17-22(33)12-13-26(24)36-30/h4-18,36H,3H2,1-2H3,(H,37,38). The van der Waals surface area contributed by atoms with Gasteiger partial charge in [0.05, 0.1) is 18.4 Å². The van der Waals surface area contributed by atoms with Crippen LogP contribution in [0.15, 0.2) is 94.5 Å². The van der Waals surface area contributed by atoms with Gasteiger partial charge in [-0.3, -0.25) is 4.79 Å². The quantitative estimate of drug-likeness (QED) is 0.0788. The number of aryl methyl sites for hydroxylation is 1. The maximum absolute atomic E-state index is 13.3. The van der Waals surface area contributed by atoms with Crippen molar-refractivity contribution in [2.75, 3.05) is 6.61 Å². The lowest BCUT2D eigenvalue weighted by atomic mass is 10.0. The van der Waals surface area contributed by atoms with Crippen molar-refractivity contribution in [3.63, 3.8) is 0 Å². The van der Waals surface area contributed by atoms with Gasteiger partial charge in [0.25, 0.3) is 5.91 Å². The minimum absolute atomic E-state index is 0.285. The van der Waals surface area contributed by atoms with E-state index in [1.165, 1.54) is 6.21 Å². The van der Waals surface area contributed by atoms with E-state index in [4.69, 9.17) is 21.1 Å². The number of aromatic nitrogens is 1. The summed E-state index contributed by atoms with van der Waals surface area (Å²) in [7, 11) is 0. The minimum atomic E-state index is -0.483. The van der Waals surface area contributed by atoms with Crippen LogP contribution in [0, 0.1) is 6.92 Å². The van der Waals surface area contributed by atoms with Gasteiger partial charge in [0.1, 0.15) is 5.69 Å². The molecule has 0 atom stereocenters. The molecule has 0 bridgehead atoms. The molecule has 0 aliphatic rings. The van der Waals surface area contributed by atoms with Crippen LogP contribution in [-0.4, -0.2) is 29.7 Å². The number of carbonyl (C=O) groups is 2. The molecule has 5 rings (SSSR count). The molecule has 4 aromatic carbocycles. The van der Waals surface area contributed by atoms with E-state index in [1.54, 1.807) is 42.5 Å². The lowest BCUT2D eigenvalue weighted by Crippen LogP contribution is -2.19. The molecule has 1 heterocycles. The van der Waals surface area contributed by atoms with Crippen LogP contribution < -0.4 is 14.9 Å². The molecule has 5 aromatic rings. The van der Waals surface area contributed by atoms with Crippen molar-refractivity contribution in [2.24, 2.45) is 5.10 Å². The highest BCUT2D eigenvalue weighted by Gasteiger charge is 2.21. The van der Waals surface area contributed by atoms with E-state index in [9.17, 15) is 9.59 Å². The number of hydrogen-bond donors (Lipinski definition) is 2. The van der Waals surface area contributed by atoms with Gasteiger partial charge >= 0.3 is 5.97 Å². The molecule has 0 aliphatic carbocycles. The number of benzene rings is 4. The zero-order valence-electron chi connectivity index (χ0n) is 22.2. The fourth-order valence-corrected chi connectivity index (χ4v) is 4.98. The lowest BCUT2D eigenvalue weighted by Gasteiger charge is -2.11. The third kappa shape index (κ3) is 6.34. The van der Waals surface area contributed by atoms with Gasteiger partial charge in [-0.15, -0.1) is 0 Å². The first-order valence-corrected chi connectivity index (χ1v) is 14.0. The van der Waals surface area contributed by atoms with E-state index < -0.39 is 11.9 Å². The number of ether oxygens (including phenoxy) is 2. The van der Waals surface area contributed by atoms with E-state index >= 15 is 0 Å². The lowest BCUT2D eigenvalue weighted by molar-refractivity contribution is 0.0728. The predicted molar refractivity (Wildman–Crippen MR) is 165 cm³/mol. The third-order valence-corrected chi connectivity index (χ3v) is 7.06. The van der Waals surface area contributed by atoms with Crippen molar-refractivity contribution in [1.82, 2.24) is 10.4 Å². The van der Waals surface area contributed by atoms with E-state index in [-0.39, 0.29) is 5.75 Å². The Morgan fingerprint density at radius 3 is 2.61 bits per heavy atom. The largest absolute Gasteiger partial charge is 0.490 e. The predicted octanol–water partition coefficient (Wildman–Crippen LogP) is 7.94. The highest BCUT2D eigenvalue weighted by Crippen LogP contribution is 2.37. The topological polar surface area (TPSA) is 92.8 Å². The fraction of sp³-hybridized carbons (Fsp3) is 0.0938. The number of amides is 1. The van der Waals surface area contributed by atoms with Crippen LogP contribution in [0.1, 0.15) is 38.9 Å². The Hall–Kier alpha value is -4.40. The number of esters is 1. The van der Waals surface area contributed by atoms with Gasteiger partial charge in [0, 0.05) is 31.5 Å². The van der Waals surface area contributed by atoms with Gasteiger partial charge in [0.2, 0.25) is 0 Å². The number of hydrogen-bond acceptors (Lipinski definition) is 5. The molecular formula is C32H25BrClN3O4. The summed E-state index contributed by atoms with van der Waals surface area (Å²) in [5, 5.41) is 5.53. The molecule has 0 saturated heterocycles. The average molecular weight is 631 g/mol. The van der Waals surface area contributed by atoms with Crippen LogP contribution in [0.2, 0.25) is 5.02 Å². The van der Waals surface area contributed by atoms with E-state index in [2.05, 4.69) is 31.4 Å². The van der Waals surface area contributed by atoms with Crippen LogP contribution in [0.3, 0.4) is 0 Å². The highest BCUT2D eigenvalue weighted by atomic mass is 79.9. The first-order chi connectivity index (χ1) is 19.8. The molecule has 41 heavy (non-hydrogen) atoms. The Labute approximate surface area is 250 Å².